The molecule has 2 aliphatic rings. The minimum atomic E-state index is 0.451. The zero-order valence-corrected chi connectivity index (χ0v) is 13.3. The molecule has 2 heteroatoms. The van der Waals surface area contributed by atoms with Crippen LogP contribution in [0.15, 0.2) is 24.3 Å². The van der Waals surface area contributed by atoms with Crippen molar-refractivity contribution in [2.75, 3.05) is 5.32 Å². The molecule has 0 spiro atoms. The van der Waals surface area contributed by atoms with Crippen LogP contribution in [0.4, 0.5) is 5.69 Å². The molecule has 0 saturated heterocycles. The molecule has 116 valence electrons. The van der Waals surface area contributed by atoms with E-state index in [1.165, 1.54) is 63.5 Å². The van der Waals surface area contributed by atoms with Gasteiger partial charge >= 0.3 is 0 Å². The highest BCUT2D eigenvalue weighted by Gasteiger charge is 2.17. The topological polar surface area (TPSA) is 21.3 Å². The maximum absolute atomic E-state index is 6.03. The fourth-order valence-electron chi connectivity index (χ4n) is 3.70. The van der Waals surface area contributed by atoms with E-state index in [-0.39, 0.29) is 0 Å². The van der Waals surface area contributed by atoms with Crippen molar-refractivity contribution in [3.05, 3.63) is 24.3 Å². The minimum absolute atomic E-state index is 0.451. The molecule has 3 rings (SSSR count). The lowest BCUT2D eigenvalue weighted by Crippen LogP contribution is -2.18. The van der Waals surface area contributed by atoms with E-state index in [4.69, 9.17) is 4.74 Å². The van der Waals surface area contributed by atoms with Crippen LogP contribution in [-0.4, -0.2) is 12.1 Å². The summed E-state index contributed by atoms with van der Waals surface area (Å²) < 4.78 is 6.03. The second-order valence-electron chi connectivity index (χ2n) is 7.00. The molecule has 21 heavy (non-hydrogen) atoms. The molecule has 0 aromatic heterocycles. The predicted octanol–water partition coefficient (Wildman–Crippen LogP) is 5.39. The van der Waals surface area contributed by atoms with Crippen molar-refractivity contribution in [3.8, 4) is 5.75 Å². The smallest absolute Gasteiger partial charge is 0.119 e. The Morgan fingerprint density at radius 3 is 2.38 bits per heavy atom. The third-order valence-corrected chi connectivity index (χ3v) is 5.09. The third kappa shape index (κ3) is 4.39. The first-order valence-electron chi connectivity index (χ1n) is 8.83. The molecule has 0 heterocycles. The first-order valence-corrected chi connectivity index (χ1v) is 8.83. The van der Waals surface area contributed by atoms with Crippen LogP contribution in [0, 0.1) is 5.92 Å². The summed E-state index contributed by atoms with van der Waals surface area (Å²) in [5.41, 5.74) is 1.24. The van der Waals surface area contributed by atoms with Gasteiger partial charge < -0.3 is 10.1 Å². The van der Waals surface area contributed by atoms with E-state index in [1.54, 1.807) is 0 Å². The van der Waals surface area contributed by atoms with E-state index in [2.05, 4.69) is 36.5 Å². The Labute approximate surface area is 129 Å². The van der Waals surface area contributed by atoms with Crippen molar-refractivity contribution in [1.82, 2.24) is 0 Å². The number of anilines is 1. The van der Waals surface area contributed by atoms with Gasteiger partial charge in [-0.3, -0.25) is 0 Å². The van der Waals surface area contributed by atoms with E-state index in [0.717, 1.165) is 11.7 Å². The number of rotatable bonds is 4. The molecule has 0 aliphatic heterocycles. The fourth-order valence-corrected chi connectivity index (χ4v) is 3.70. The van der Waals surface area contributed by atoms with Gasteiger partial charge in [-0.05, 0) is 75.1 Å². The van der Waals surface area contributed by atoms with Crippen LogP contribution in [0.1, 0.15) is 64.7 Å². The summed E-state index contributed by atoms with van der Waals surface area (Å²) in [7, 11) is 0. The molecule has 2 fully saturated rings. The van der Waals surface area contributed by atoms with Gasteiger partial charge in [0.25, 0.3) is 0 Å². The lowest BCUT2D eigenvalue weighted by atomic mass is 10.0. The van der Waals surface area contributed by atoms with Crippen molar-refractivity contribution in [1.29, 1.82) is 0 Å². The van der Waals surface area contributed by atoms with Gasteiger partial charge in [0, 0.05) is 11.7 Å². The van der Waals surface area contributed by atoms with Crippen molar-refractivity contribution in [2.45, 2.75) is 76.9 Å². The van der Waals surface area contributed by atoms with Gasteiger partial charge in [0.15, 0.2) is 0 Å². The summed E-state index contributed by atoms with van der Waals surface area (Å²) in [6, 6.07) is 9.26. The molecule has 1 N–H and O–H groups in total. The number of ether oxygens (including phenoxy) is 1. The Morgan fingerprint density at radius 2 is 1.62 bits per heavy atom. The Bertz CT molecular complexity index is 422. The predicted molar refractivity (Wildman–Crippen MR) is 89.0 cm³/mol. The molecule has 2 nitrogen and oxygen atoms in total. The molecule has 2 saturated carbocycles. The SMILES string of the molecule is CC1CCCC(Nc2ccc(OC3CCCC3)cc2)CC1. The second-order valence-corrected chi connectivity index (χ2v) is 7.00. The highest BCUT2D eigenvalue weighted by Crippen LogP contribution is 2.27. The van der Waals surface area contributed by atoms with E-state index in [1.807, 2.05) is 0 Å². The summed E-state index contributed by atoms with van der Waals surface area (Å²) >= 11 is 0. The normalized spacial score (nSPS) is 27.3. The maximum atomic E-state index is 6.03. The van der Waals surface area contributed by atoms with Gasteiger partial charge in [0.2, 0.25) is 0 Å². The van der Waals surface area contributed by atoms with E-state index >= 15 is 0 Å². The molecule has 2 atom stereocenters. The Morgan fingerprint density at radius 1 is 0.857 bits per heavy atom. The first-order chi connectivity index (χ1) is 10.3. The minimum Gasteiger partial charge on any atom is -0.490 e. The fraction of sp³-hybridized carbons (Fsp3) is 0.684. The van der Waals surface area contributed by atoms with Crippen molar-refractivity contribution in [3.63, 3.8) is 0 Å². The zero-order valence-electron chi connectivity index (χ0n) is 13.3. The van der Waals surface area contributed by atoms with Crippen molar-refractivity contribution < 1.29 is 4.74 Å². The zero-order chi connectivity index (χ0) is 14.5. The van der Waals surface area contributed by atoms with Crippen LogP contribution < -0.4 is 10.1 Å². The number of nitrogens with one attached hydrogen (secondary N) is 1. The van der Waals surface area contributed by atoms with Crippen LogP contribution in [0.5, 0.6) is 5.75 Å². The molecular weight excluding hydrogens is 258 g/mol. The van der Waals surface area contributed by atoms with E-state index in [9.17, 15) is 0 Å². The van der Waals surface area contributed by atoms with Gasteiger partial charge in [-0.15, -0.1) is 0 Å². The van der Waals surface area contributed by atoms with Crippen molar-refractivity contribution in [2.24, 2.45) is 5.92 Å². The van der Waals surface area contributed by atoms with Crippen molar-refractivity contribution >= 4 is 5.69 Å². The largest absolute Gasteiger partial charge is 0.490 e. The van der Waals surface area contributed by atoms with Crippen LogP contribution in [0.3, 0.4) is 0 Å². The van der Waals surface area contributed by atoms with Crippen LogP contribution in [0.2, 0.25) is 0 Å². The maximum Gasteiger partial charge on any atom is 0.119 e. The lowest BCUT2D eigenvalue weighted by Gasteiger charge is -2.18. The van der Waals surface area contributed by atoms with Crippen LogP contribution >= 0.6 is 0 Å². The van der Waals surface area contributed by atoms with E-state index in [0.29, 0.717) is 12.1 Å². The molecular formula is C19H29NO. The standard InChI is InChI=1S/C19H29NO/c1-15-5-4-6-16(10-9-15)20-17-11-13-19(14-12-17)21-18-7-2-3-8-18/h11-16,18,20H,2-10H2,1H3. The Kier molecular flexibility index (Phi) is 5.05. The van der Waals surface area contributed by atoms with Gasteiger partial charge in [-0.2, -0.15) is 0 Å². The Hall–Kier alpha value is -1.18. The lowest BCUT2D eigenvalue weighted by molar-refractivity contribution is 0.210. The summed E-state index contributed by atoms with van der Waals surface area (Å²) in [6.45, 7) is 2.39. The molecule has 1 aromatic carbocycles. The van der Waals surface area contributed by atoms with Gasteiger partial charge in [0.1, 0.15) is 5.75 Å². The summed E-state index contributed by atoms with van der Waals surface area (Å²) in [5, 5.41) is 3.71. The number of hydrogen-bond acceptors (Lipinski definition) is 2. The van der Waals surface area contributed by atoms with Gasteiger partial charge in [0.05, 0.1) is 6.10 Å². The average Bonchev–Trinajstić information content (AvgIpc) is 2.91. The molecule has 0 radical (unpaired) electrons. The molecule has 1 aromatic rings. The highest BCUT2D eigenvalue weighted by molar-refractivity contribution is 5.47. The molecule has 0 bridgehead atoms. The molecule has 0 amide bonds. The highest BCUT2D eigenvalue weighted by atomic mass is 16.5. The number of hydrogen-bond donors (Lipinski definition) is 1. The van der Waals surface area contributed by atoms with E-state index < -0.39 is 0 Å². The molecule has 2 aliphatic carbocycles. The van der Waals surface area contributed by atoms with Gasteiger partial charge in [-0.25, -0.2) is 0 Å². The Balaban J connectivity index is 1.51. The summed E-state index contributed by atoms with van der Waals surface area (Å²) in [6.07, 6.45) is 12.3. The first kappa shape index (κ1) is 14.7. The monoisotopic (exact) mass is 287 g/mol. The van der Waals surface area contributed by atoms with Crippen LogP contribution in [0.25, 0.3) is 0 Å². The third-order valence-electron chi connectivity index (χ3n) is 5.09. The summed E-state index contributed by atoms with van der Waals surface area (Å²) in [4.78, 5) is 0. The average molecular weight is 287 g/mol. The summed E-state index contributed by atoms with van der Waals surface area (Å²) in [5.74, 6) is 1.93. The quantitative estimate of drug-likeness (QED) is 0.750. The number of benzene rings is 1. The van der Waals surface area contributed by atoms with Crippen LogP contribution in [-0.2, 0) is 0 Å². The molecule has 2 unspecified atom stereocenters. The van der Waals surface area contributed by atoms with Gasteiger partial charge in [-0.1, -0.05) is 19.8 Å². The second kappa shape index (κ2) is 7.20.